The van der Waals surface area contributed by atoms with Crippen LogP contribution in [-0.4, -0.2) is 44.5 Å². The molecule has 0 heterocycles. The third-order valence-corrected chi connectivity index (χ3v) is 12.8. The summed E-state index contributed by atoms with van der Waals surface area (Å²) in [6, 6.07) is 4.08. The lowest BCUT2D eigenvalue weighted by Gasteiger charge is -2.53. The van der Waals surface area contributed by atoms with E-state index in [-0.39, 0.29) is 17.3 Å². The first-order valence-corrected chi connectivity index (χ1v) is 18.0. The second kappa shape index (κ2) is 14.2. The Labute approximate surface area is 258 Å². The molecule has 0 radical (unpaired) electrons. The van der Waals surface area contributed by atoms with E-state index in [4.69, 9.17) is 0 Å². The first-order chi connectivity index (χ1) is 19.7. The number of fused-ring (bicyclic) bond motifs is 5. The quantitative estimate of drug-likeness (QED) is 0.117. The van der Waals surface area contributed by atoms with Gasteiger partial charge in [-0.2, -0.15) is 22.0 Å². The van der Waals surface area contributed by atoms with Gasteiger partial charge < -0.3 is 14.8 Å². The highest BCUT2D eigenvalue weighted by Crippen LogP contribution is 2.63. The second-order valence-corrected chi connectivity index (χ2v) is 15.9. The number of unbranched alkanes of at least 4 members (excludes halogenated alkanes) is 6. The van der Waals surface area contributed by atoms with Crippen molar-refractivity contribution in [2.24, 2.45) is 23.2 Å². The molecule has 0 amide bonds. The van der Waals surface area contributed by atoms with E-state index in [0.29, 0.717) is 41.6 Å². The number of hydrogen-bond acceptors (Lipinski definition) is 3. The molecule has 2 saturated carbocycles. The molecule has 0 bridgehead atoms. The molecule has 4 rings (SSSR count). The van der Waals surface area contributed by atoms with Crippen LogP contribution in [0.5, 0.6) is 5.75 Å². The third-order valence-electron chi connectivity index (χ3n) is 10.6. The molecular formula is C32H46BrF5O3S. The molecule has 0 spiro atoms. The Morgan fingerprint density at radius 1 is 0.952 bits per heavy atom. The van der Waals surface area contributed by atoms with E-state index in [1.54, 1.807) is 0 Å². The predicted molar refractivity (Wildman–Crippen MR) is 160 cm³/mol. The maximum Gasteiger partial charge on any atom is 0.453 e. The van der Waals surface area contributed by atoms with Crippen molar-refractivity contribution in [2.45, 2.75) is 127 Å². The number of phenols is 1. The van der Waals surface area contributed by atoms with Crippen molar-refractivity contribution >= 4 is 27.1 Å². The standard InChI is InChI=1S/C32H46BrF5O3S/c1-30-15-13-23-24-20-26(33)27(39)19-22(24)18-21(29(23)25(30)11-12-28(30)40)10-7-5-3-2-4-6-8-16-42(41)17-9-14-31(34,35)32(36,37)38/h19-21,23,25,28-29,39-40H,2-18H2,1H3/t21?,23?,25?,28-,29?,30-,42?/m0/s1. The number of aliphatic hydroxyl groups excluding tert-OH is 1. The zero-order chi connectivity index (χ0) is 30.7. The molecule has 10 heteroatoms. The fraction of sp³-hybridized carbons (Fsp3) is 0.812. The molecule has 5 unspecified atom stereocenters. The topological polar surface area (TPSA) is 63.5 Å². The minimum atomic E-state index is -5.54. The highest BCUT2D eigenvalue weighted by atomic mass is 79.9. The van der Waals surface area contributed by atoms with Crippen molar-refractivity contribution in [3.8, 4) is 5.75 Å². The first-order valence-electron chi connectivity index (χ1n) is 15.7. The van der Waals surface area contributed by atoms with Crippen LogP contribution in [0.4, 0.5) is 22.0 Å². The summed E-state index contributed by atoms with van der Waals surface area (Å²) in [7, 11) is 0. The van der Waals surface area contributed by atoms with Crippen molar-refractivity contribution < 1.29 is 36.7 Å². The minimum absolute atomic E-state index is 0.00286. The summed E-state index contributed by atoms with van der Waals surface area (Å²) in [5.74, 6) is -2.06. The van der Waals surface area contributed by atoms with Crippen LogP contribution < -0.4 is 0 Å². The molecule has 0 aromatic heterocycles. The number of alkyl halides is 5. The Balaban J connectivity index is 1.17. The third kappa shape index (κ3) is 7.79. The summed E-state index contributed by atoms with van der Waals surface area (Å²) in [5, 5.41) is 21.3. The van der Waals surface area contributed by atoms with Gasteiger partial charge in [0, 0.05) is 6.42 Å². The zero-order valence-corrected chi connectivity index (χ0v) is 26.9. The number of phenolic OH excluding ortho intramolecular Hbond substituents is 1. The van der Waals surface area contributed by atoms with E-state index < -0.39 is 36.1 Å². The van der Waals surface area contributed by atoms with E-state index >= 15 is 0 Å². The average Bonchev–Trinajstić information content (AvgIpc) is 3.21. The van der Waals surface area contributed by atoms with Gasteiger partial charge in [-0.3, -0.25) is 0 Å². The number of aliphatic hydroxyl groups is 1. The van der Waals surface area contributed by atoms with Gasteiger partial charge >= 0.3 is 12.1 Å². The molecular weight excluding hydrogens is 639 g/mol. The Morgan fingerprint density at radius 2 is 1.60 bits per heavy atom. The molecule has 240 valence electrons. The molecule has 0 aliphatic heterocycles. The van der Waals surface area contributed by atoms with Crippen molar-refractivity contribution in [3.05, 3.63) is 27.7 Å². The minimum Gasteiger partial charge on any atom is -0.616 e. The average molecular weight is 686 g/mol. The number of rotatable bonds is 14. The molecule has 2 N–H and O–H groups in total. The maximum absolute atomic E-state index is 13.0. The smallest absolute Gasteiger partial charge is 0.453 e. The van der Waals surface area contributed by atoms with Crippen LogP contribution in [0.25, 0.3) is 0 Å². The molecule has 1 aromatic rings. The van der Waals surface area contributed by atoms with Crippen molar-refractivity contribution in [3.63, 3.8) is 0 Å². The number of aromatic hydroxyl groups is 1. The van der Waals surface area contributed by atoms with Crippen LogP contribution in [0.3, 0.4) is 0 Å². The zero-order valence-electron chi connectivity index (χ0n) is 24.5. The van der Waals surface area contributed by atoms with Crippen LogP contribution in [0, 0.1) is 23.2 Å². The first kappa shape index (κ1) is 34.3. The van der Waals surface area contributed by atoms with Gasteiger partial charge in [-0.1, -0.05) is 50.2 Å². The van der Waals surface area contributed by atoms with E-state index in [9.17, 15) is 36.7 Å². The lowest BCUT2D eigenvalue weighted by atomic mass is 9.52. The summed E-state index contributed by atoms with van der Waals surface area (Å²) in [6.45, 7) is 2.30. The van der Waals surface area contributed by atoms with Crippen LogP contribution in [0.1, 0.15) is 114 Å². The monoisotopic (exact) mass is 684 g/mol. The van der Waals surface area contributed by atoms with Crippen molar-refractivity contribution in [2.75, 3.05) is 11.5 Å². The number of benzene rings is 1. The van der Waals surface area contributed by atoms with E-state index in [1.807, 2.05) is 6.07 Å². The molecule has 7 atom stereocenters. The summed E-state index contributed by atoms with van der Waals surface area (Å²) in [5.41, 5.74) is 2.66. The molecule has 2 fully saturated rings. The Bertz CT molecular complexity index is 1040. The Kier molecular flexibility index (Phi) is 11.6. The van der Waals surface area contributed by atoms with Gasteiger partial charge in [0.25, 0.3) is 0 Å². The van der Waals surface area contributed by atoms with E-state index in [1.165, 1.54) is 11.1 Å². The molecule has 3 nitrogen and oxygen atoms in total. The molecule has 3 aliphatic carbocycles. The summed E-state index contributed by atoms with van der Waals surface area (Å²) < 4.78 is 75.3. The Hall–Kier alpha value is -0.580. The van der Waals surface area contributed by atoms with Crippen molar-refractivity contribution in [1.29, 1.82) is 0 Å². The van der Waals surface area contributed by atoms with Crippen molar-refractivity contribution in [1.82, 2.24) is 0 Å². The summed E-state index contributed by atoms with van der Waals surface area (Å²) >= 11 is 2.17. The maximum atomic E-state index is 13.0. The lowest BCUT2D eigenvalue weighted by Crippen LogP contribution is -2.47. The predicted octanol–water partition coefficient (Wildman–Crippen LogP) is 9.45. The number of halogens is 6. The van der Waals surface area contributed by atoms with Gasteiger partial charge in [0.05, 0.1) is 10.6 Å². The Morgan fingerprint density at radius 3 is 2.29 bits per heavy atom. The van der Waals surface area contributed by atoms with Gasteiger partial charge in [0.2, 0.25) is 0 Å². The van der Waals surface area contributed by atoms with Gasteiger partial charge in [0.1, 0.15) is 17.3 Å². The van der Waals surface area contributed by atoms with Gasteiger partial charge in [-0.25, -0.2) is 0 Å². The van der Waals surface area contributed by atoms with Crippen LogP contribution in [-0.2, 0) is 17.6 Å². The van der Waals surface area contributed by atoms with E-state index in [0.717, 1.165) is 81.5 Å². The lowest BCUT2D eigenvalue weighted by molar-refractivity contribution is -0.284. The van der Waals surface area contributed by atoms with Gasteiger partial charge in [0.15, 0.2) is 0 Å². The number of hydrogen-bond donors (Lipinski definition) is 2. The molecule has 3 aliphatic rings. The van der Waals surface area contributed by atoms with Crippen LogP contribution >= 0.6 is 15.9 Å². The fourth-order valence-electron chi connectivity index (χ4n) is 8.30. The van der Waals surface area contributed by atoms with Gasteiger partial charge in [-0.15, -0.1) is 0 Å². The second-order valence-electron chi connectivity index (χ2n) is 13.3. The van der Waals surface area contributed by atoms with Gasteiger partial charge in [-0.05, 0) is 126 Å². The largest absolute Gasteiger partial charge is 0.616 e. The van der Waals surface area contributed by atoms with Crippen LogP contribution in [0.2, 0.25) is 0 Å². The highest BCUT2D eigenvalue weighted by molar-refractivity contribution is 9.10. The molecule has 0 saturated heterocycles. The fourth-order valence-corrected chi connectivity index (χ4v) is 9.85. The molecule has 1 aromatic carbocycles. The SMILES string of the molecule is C[C@]12CCC3c4cc(Br)c(O)cc4CC(CCCCCCCCC[S+]([O-])CCCC(F)(F)C(F)(F)F)C3C1CC[C@@H]2O. The molecule has 42 heavy (non-hydrogen) atoms. The normalized spacial score (nSPS) is 30.1. The summed E-state index contributed by atoms with van der Waals surface area (Å²) in [6.07, 6.45) is 5.81. The van der Waals surface area contributed by atoms with E-state index in [2.05, 4.69) is 28.9 Å². The highest BCUT2D eigenvalue weighted by Gasteiger charge is 2.57. The summed E-state index contributed by atoms with van der Waals surface area (Å²) in [4.78, 5) is 0. The van der Waals surface area contributed by atoms with Crippen LogP contribution in [0.15, 0.2) is 16.6 Å².